The molecule has 106 valence electrons. The van der Waals surface area contributed by atoms with Gasteiger partial charge in [-0.3, -0.25) is 4.90 Å². The zero-order valence-corrected chi connectivity index (χ0v) is 12.1. The Morgan fingerprint density at radius 2 is 2.05 bits per heavy atom. The lowest BCUT2D eigenvalue weighted by Crippen LogP contribution is -2.41. The fraction of sp³-hybridized carbons (Fsp3) is 0.625. The SMILES string of the molecule is COCC(c1ccccc1)N(C)C1CCCC1CN. The Balaban J connectivity index is 2.14. The summed E-state index contributed by atoms with van der Waals surface area (Å²) < 4.78 is 5.44. The van der Waals surface area contributed by atoms with Gasteiger partial charge in [0.05, 0.1) is 12.6 Å². The molecule has 0 bridgehead atoms. The number of hydrogen-bond donors (Lipinski definition) is 1. The summed E-state index contributed by atoms with van der Waals surface area (Å²) in [5.74, 6) is 0.632. The zero-order valence-electron chi connectivity index (χ0n) is 12.1. The molecular weight excluding hydrogens is 236 g/mol. The summed E-state index contributed by atoms with van der Waals surface area (Å²) in [4.78, 5) is 2.48. The lowest BCUT2D eigenvalue weighted by Gasteiger charge is -2.36. The molecule has 3 unspecified atom stereocenters. The van der Waals surface area contributed by atoms with Gasteiger partial charge >= 0.3 is 0 Å². The monoisotopic (exact) mass is 262 g/mol. The van der Waals surface area contributed by atoms with Gasteiger partial charge in [-0.1, -0.05) is 36.8 Å². The highest BCUT2D eigenvalue weighted by molar-refractivity contribution is 5.19. The Morgan fingerprint density at radius 3 is 2.68 bits per heavy atom. The van der Waals surface area contributed by atoms with E-state index in [1.54, 1.807) is 7.11 Å². The molecule has 3 nitrogen and oxygen atoms in total. The molecule has 3 heteroatoms. The van der Waals surface area contributed by atoms with Crippen LogP contribution in [-0.2, 0) is 4.74 Å². The van der Waals surface area contributed by atoms with Crippen LogP contribution in [0.3, 0.4) is 0 Å². The van der Waals surface area contributed by atoms with Crippen LogP contribution >= 0.6 is 0 Å². The van der Waals surface area contributed by atoms with Gasteiger partial charge < -0.3 is 10.5 Å². The number of rotatable bonds is 6. The number of nitrogens with zero attached hydrogens (tertiary/aromatic N) is 1. The van der Waals surface area contributed by atoms with E-state index < -0.39 is 0 Å². The van der Waals surface area contributed by atoms with Crippen molar-refractivity contribution in [3.63, 3.8) is 0 Å². The van der Waals surface area contributed by atoms with Gasteiger partial charge in [-0.2, -0.15) is 0 Å². The molecule has 1 aliphatic carbocycles. The van der Waals surface area contributed by atoms with E-state index in [0.717, 1.165) is 13.2 Å². The predicted octanol–water partition coefficient (Wildman–Crippen LogP) is 2.43. The maximum Gasteiger partial charge on any atom is 0.0659 e. The number of nitrogens with two attached hydrogens (primary N) is 1. The average molecular weight is 262 g/mol. The summed E-state index contributed by atoms with van der Waals surface area (Å²) in [5.41, 5.74) is 7.25. The molecule has 1 aromatic carbocycles. The smallest absolute Gasteiger partial charge is 0.0659 e. The molecule has 2 N–H and O–H groups in total. The van der Waals surface area contributed by atoms with Crippen LogP contribution in [0.1, 0.15) is 30.9 Å². The van der Waals surface area contributed by atoms with E-state index in [2.05, 4.69) is 42.3 Å². The van der Waals surface area contributed by atoms with Crippen LogP contribution in [0.15, 0.2) is 30.3 Å². The molecule has 0 amide bonds. The Morgan fingerprint density at radius 1 is 1.32 bits per heavy atom. The molecular formula is C16H26N2O. The lowest BCUT2D eigenvalue weighted by molar-refractivity contribution is 0.0676. The highest BCUT2D eigenvalue weighted by Gasteiger charge is 2.33. The fourth-order valence-corrected chi connectivity index (χ4v) is 3.34. The van der Waals surface area contributed by atoms with Crippen LogP contribution in [0.4, 0.5) is 0 Å². The van der Waals surface area contributed by atoms with Gasteiger partial charge in [0.15, 0.2) is 0 Å². The van der Waals surface area contributed by atoms with Crippen LogP contribution in [0, 0.1) is 5.92 Å². The Hall–Kier alpha value is -0.900. The van der Waals surface area contributed by atoms with Gasteiger partial charge in [0.2, 0.25) is 0 Å². The van der Waals surface area contributed by atoms with E-state index in [1.165, 1.54) is 24.8 Å². The third-order valence-electron chi connectivity index (χ3n) is 4.45. The van der Waals surface area contributed by atoms with Gasteiger partial charge in [-0.05, 0) is 37.9 Å². The quantitative estimate of drug-likeness (QED) is 0.855. The highest BCUT2D eigenvalue weighted by Crippen LogP contribution is 2.33. The average Bonchev–Trinajstić information content (AvgIpc) is 2.93. The van der Waals surface area contributed by atoms with Gasteiger partial charge in [0, 0.05) is 13.2 Å². The second-order valence-electron chi connectivity index (χ2n) is 5.54. The van der Waals surface area contributed by atoms with Crippen molar-refractivity contribution < 1.29 is 4.74 Å². The summed E-state index contributed by atoms with van der Waals surface area (Å²) in [6, 6.07) is 11.5. The molecule has 2 rings (SSSR count). The zero-order chi connectivity index (χ0) is 13.7. The number of likely N-dealkylation sites (N-methyl/N-ethyl adjacent to an activating group) is 1. The summed E-state index contributed by atoms with van der Waals surface area (Å²) in [6.07, 6.45) is 3.82. The Bertz CT molecular complexity index is 368. The minimum absolute atomic E-state index is 0.323. The van der Waals surface area contributed by atoms with E-state index in [-0.39, 0.29) is 0 Å². The first-order valence-corrected chi connectivity index (χ1v) is 7.23. The maximum absolute atomic E-state index is 5.92. The Kier molecular flexibility index (Phi) is 5.37. The summed E-state index contributed by atoms with van der Waals surface area (Å²) in [6.45, 7) is 1.53. The van der Waals surface area contributed by atoms with Crippen molar-refractivity contribution in [3.8, 4) is 0 Å². The molecule has 0 aromatic heterocycles. The standard InChI is InChI=1S/C16H26N2O/c1-18(15-10-6-9-14(15)11-17)16(12-19-2)13-7-4-3-5-8-13/h3-5,7-8,14-16H,6,9-12,17H2,1-2H3. The molecule has 1 fully saturated rings. The molecule has 1 saturated carbocycles. The van der Waals surface area contributed by atoms with Crippen LogP contribution < -0.4 is 5.73 Å². The molecule has 1 aromatic rings. The molecule has 0 spiro atoms. The van der Waals surface area contributed by atoms with Crippen LogP contribution in [0.2, 0.25) is 0 Å². The topological polar surface area (TPSA) is 38.5 Å². The molecule has 0 aliphatic heterocycles. The third-order valence-corrected chi connectivity index (χ3v) is 4.45. The highest BCUT2D eigenvalue weighted by atomic mass is 16.5. The van der Waals surface area contributed by atoms with Gasteiger partial charge in [0.25, 0.3) is 0 Å². The van der Waals surface area contributed by atoms with Crippen molar-refractivity contribution >= 4 is 0 Å². The minimum atomic E-state index is 0.323. The van der Waals surface area contributed by atoms with Gasteiger partial charge in [-0.15, -0.1) is 0 Å². The number of ether oxygens (including phenoxy) is 1. The first-order chi connectivity index (χ1) is 9.27. The first kappa shape index (κ1) is 14.5. The van der Waals surface area contributed by atoms with Crippen LogP contribution in [0.25, 0.3) is 0 Å². The van der Waals surface area contributed by atoms with Crippen LogP contribution in [0.5, 0.6) is 0 Å². The van der Waals surface area contributed by atoms with Crippen molar-refractivity contribution in [1.82, 2.24) is 4.90 Å². The summed E-state index contributed by atoms with van der Waals surface area (Å²) in [7, 11) is 3.99. The normalized spacial score (nSPS) is 24.8. The van der Waals surface area contributed by atoms with E-state index >= 15 is 0 Å². The molecule has 1 aliphatic rings. The largest absolute Gasteiger partial charge is 0.383 e. The maximum atomic E-state index is 5.92. The van der Waals surface area contributed by atoms with E-state index in [0.29, 0.717) is 18.0 Å². The predicted molar refractivity (Wildman–Crippen MR) is 79.0 cm³/mol. The summed E-state index contributed by atoms with van der Waals surface area (Å²) in [5, 5.41) is 0. The van der Waals surface area contributed by atoms with Crippen molar-refractivity contribution in [3.05, 3.63) is 35.9 Å². The lowest BCUT2D eigenvalue weighted by atomic mass is 9.98. The van der Waals surface area contributed by atoms with Gasteiger partial charge in [0.1, 0.15) is 0 Å². The fourth-order valence-electron chi connectivity index (χ4n) is 3.34. The number of hydrogen-bond acceptors (Lipinski definition) is 3. The number of benzene rings is 1. The second kappa shape index (κ2) is 7.04. The first-order valence-electron chi connectivity index (χ1n) is 7.23. The number of methoxy groups -OCH3 is 1. The van der Waals surface area contributed by atoms with Crippen molar-refractivity contribution in [2.24, 2.45) is 11.7 Å². The molecule has 19 heavy (non-hydrogen) atoms. The Labute approximate surface area is 116 Å². The van der Waals surface area contributed by atoms with Gasteiger partial charge in [-0.25, -0.2) is 0 Å². The van der Waals surface area contributed by atoms with Crippen LogP contribution in [-0.4, -0.2) is 38.3 Å². The second-order valence-corrected chi connectivity index (χ2v) is 5.54. The third kappa shape index (κ3) is 3.35. The van der Waals surface area contributed by atoms with E-state index in [1.807, 2.05) is 0 Å². The van der Waals surface area contributed by atoms with Crippen molar-refractivity contribution in [2.75, 3.05) is 27.3 Å². The van der Waals surface area contributed by atoms with Crippen molar-refractivity contribution in [1.29, 1.82) is 0 Å². The van der Waals surface area contributed by atoms with E-state index in [4.69, 9.17) is 10.5 Å². The molecule has 0 saturated heterocycles. The summed E-state index contributed by atoms with van der Waals surface area (Å²) >= 11 is 0. The minimum Gasteiger partial charge on any atom is -0.383 e. The molecule has 0 heterocycles. The molecule has 3 atom stereocenters. The molecule has 0 radical (unpaired) electrons. The van der Waals surface area contributed by atoms with Crippen molar-refractivity contribution in [2.45, 2.75) is 31.3 Å². The van der Waals surface area contributed by atoms with E-state index in [9.17, 15) is 0 Å².